The van der Waals surface area contributed by atoms with Crippen LogP contribution in [0.5, 0.6) is 0 Å². The molecule has 0 atom stereocenters. The summed E-state index contributed by atoms with van der Waals surface area (Å²) in [6.07, 6.45) is 11.4. The molecule has 5 rings (SSSR count). The Hall–Kier alpha value is -2.74. The standard InChI is InChI=1S/C24H33N7O/c25-22(32)21-23(26-18-4-3-5-18)28-24(30-29-21)27-19-10-8-16(9-11-19)17-12-14-31(15-13-17)20-6-1-2-7-20/h8-11,17-18,20H,1-7,12-15H2,(H2,25,32)(H2,26,27,28,30). The van der Waals surface area contributed by atoms with Crippen LogP contribution in [0.4, 0.5) is 17.5 Å². The Morgan fingerprint density at radius 1 is 0.938 bits per heavy atom. The third-order valence-electron chi connectivity index (χ3n) is 7.38. The fraction of sp³-hybridized carbons (Fsp3) is 0.583. The lowest BCUT2D eigenvalue weighted by Crippen LogP contribution is -2.39. The lowest BCUT2D eigenvalue weighted by atomic mass is 9.88. The van der Waals surface area contributed by atoms with Crippen molar-refractivity contribution in [2.45, 2.75) is 75.8 Å². The van der Waals surface area contributed by atoms with Gasteiger partial charge in [0.05, 0.1) is 0 Å². The zero-order valence-corrected chi connectivity index (χ0v) is 18.6. The molecule has 2 heterocycles. The van der Waals surface area contributed by atoms with Crippen LogP contribution in [0, 0.1) is 0 Å². The smallest absolute Gasteiger partial charge is 0.273 e. The van der Waals surface area contributed by atoms with Crippen LogP contribution in [0.25, 0.3) is 0 Å². The van der Waals surface area contributed by atoms with Gasteiger partial charge in [-0.3, -0.25) is 4.79 Å². The summed E-state index contributed by atoms with van der Waals surface area (Å²) in [7, 11) is 0. The first-order valence-electron chi connectivity index (χ1n) is 12.1. The molecule has 1 aromatic carbocycles. The summed E-state index contributed by atoms with van der Waals surface area (Å²) in [6, 6.07) is 9.71. The van der Waals surface area contributed by atoms with E-state index in [9.17, 15) is 4.79 Å². The fourth-order valence-electron chi connectivity index (χ4n) is 5.23. The van der Waals surface area contributed by atoms with E-state index in [1.807, 2.05) is 0 Å². The van der Waals surface area contributed by atoms with Gasteiger partial charge in [0.15, 0.2) is 11.5 Å². The van der Waals surface area contributed by atoms with E-state index in [2.05, 4.69) is 55.0 Å². The molecule has 2 aliphatic carbocycles. The minimum absolute atomic E-state index is 0.0849. The van der Waals surface area contributed by atoms with Gasteiger partial charge in [-0.05, 0) is 81.6 Å². The van der Waals surface area contributed by atoms with Gasteiger partial charge in [0, 0.05) is 17.8 Å². The van der Waals surface area contributed by atoms with E-state index in [4.69, 9.17) is 5.73 Å². The van der Waals surface area contributed by atoms with Crippen LogP contribution in [0.1, 0.15) is 79.8 Å². The van der Waals surface area contributed by atoms with Gasteiger partial charge < -0.3 is 21.3 Å². The Morgan fingerprint density at radius 3 is 2.28 bits per heavy atom. The number of aromatic nitrogens is 3. The number of hydrogen-bond donors (Lipinski definition) is 3. The largest absolute Gasteiger partial charge is 0.365 e. The molecule has 170 valence electrons. The van der Waals surface area contributed by atoms with Gasteiger partial charge in [-0.1, -0.05) is 25.0 Å². The van der Waals surface area contributed by atoms with Gasteiger partial charge in [0.2, 0.25) is 5.95 Å². The Balaban J connectivity index is 1.21. The Morgan fingerprint density at radius 2 is 1.66 bits per heavy atom. The molecule has 1 aliphatic heterocycles. The van der Waals surface area contributed by atoms with Gasteiger partial charge in [0.1, 0.15) is 0 Å². The van der Waals surface area contributed by atoms with Crippen molar-refractivity contribution in [2.24, 2.45) is 5.73 Å². The lowest BCUT2D eigenvalue weighted by Gasteiger charge is -2.36. The van der Waals surface area contributed by atoms with E-state index >= 15 is 0 Å². The van der Waals surface area contributed by atoms with E-state index in [1.165, 1.54) is 63.6 Å². The number of rotatable bonds is 7. The molecule has 8 heteroatoms. The number of carbonyl (C=O) groups excluding carboxylic acids is 1. The first kappa shape index (κ1) is 21.1. The fourth-order valence-corrected chi connectivity index (χ4v) is 5.23. The molecular formula is C24H33N7O. The first-order valence-corrected chi connectivity index (χ1v) is 12.1. The van der Waals surface area contributed by atoms with Crippen LogP contribution in [-0.4, -0.2) is 51.2 Å². The van der Waals surface area contributed by atoms with Crippen LogP contribution in [-0.2, 0) is 0 Å². The van der Waals surface area contributed by atoms with Gasteiger partial charge in [-0.15, -0.1) is 10.2 Å². The number of primary amides is 1. The number of hydrogen-bond acceptors (Lipinski definition) is 7. The molecular weight excluding hydrogens is 402 g/mol. The molecule has 4 N–H and O–H groups in total. The van der Waals surface area contributed by atoms with Crippen LogP contribution in [0.15, 0.2) is 24.3 Å². The van der Waals surface area contributed by atoms with Crippen molar-refractivity contribution in [3.8, 4) is 0 Å². The van der Waals surface area contributed by atoms with Crippen molar-refractivity contribution >= 4 is 23.4 Å². The summed E-state index contributed by atoms with van der Waals surface area (Å²) < 4.78 is 0. The minimum Gasteiger partial charge on any atom is -0.365 e. The van der Waals surface area contributed by atoms with Crippen LogP contribution >= 0.6 is 0 Å². The lowest BCUT2D eigenvalue weighted by molar-refractivity contribution is 0.0995. The molecule has 2 aromatic rings. The second-order valence-electron chi connectivity index (χ2n) is 9.46. The number of benzene rings is 1. The second-order valence-corrected chi connectivity index (χ2v) is 9.46. The summed E-state index contributed by atoms with van der Waals surface area (Å²) in [6.45, 7) is 2.44. The van der Waals surface area contributed by atoms with Crippen LogP contribution in [0.3, 0.4) is 0 Å². The highest BCUT2D eigenvalue weighted by Crippen LogP contribution is 2.33. The van der Waals surface area contributed by atoms with E-state index in [1.54, 1.807) is 0 Å². The van der Waals surface area contributed by atoms with E-state index in [0.29, 0.717) is 23.7 Å². The van der Waals surface area contributed by atoms with Crippen molar-refractivity contribution in [2.75, 3.05) is 23.7 Å². The highest BCUT2D eigenvalue weighted by atomic mass is 16.1. The van der Waals surface area contributed by atoms with Crippen molar-refractivity contribution in [3.05, 3.63) is 35.5 Å². The van der Waals surface area contributed by atoms with E-state index in [-0.39, 0.29) is 5.69 Å². The van der Waals surface area contributed by atoms with E-state index < -0.39 is 5.91 Å². The summed E-state index contributed by atoms with van der Waals surface area (Å²) >= 11 is 0. The topological polar surface area (TPSA) is 109 Å². The second kappa shape index (κ2) is 9.40. The quantitative estimate of drug-likeness (QED) is 0.607. The number of piperidine rings is 1. The summed E-state index contributed by atoms with van der Waals surface area (Å²) in [5.74, 6) is 0.772. The molecule has 2 saturated carbocycles. The summed E-state index contributed by atoms with van der Waals surface area (Å²) in [5.41, 5.74) is 7.83. The van der Waals surface area contributed by atoms with Crippen molar-refractivity contribution in [1.82, 2.24) is 20.1 Å². The number of carbonyl (C=O) groups is 1. The van der Waals surface area contributed by atoms with Gasteiger partial charge in [0.25, 0.3) is 5.91 Å². The molecule has 8 nitrogen and oxygen atoms in total. The Kier molecular flexibility index (Phi) is 6.21. The molecule has 1 amide bonds. The number of nitrogens with one attached hydrogen (secondary N) is 2. The van der Waals surface area contributed by atoms with Gasteiger partial charge >= 0.3 is 0 Å². The van der Waals surface area contributed by atoms with Gasteiger partial charge in [-0.25, -0.2) is 0 Å². The normalized spacial score (nSPS) is 20.8. The molecule has 1 saturated heterocycles. The number of anilines is 3. The molecule has 3 aliphatic rings. The molecule has 32 heavy (non-hydrogen) atoms. The molecule has 0 spiro atoms. The summed E-state index contributed by atoms with van der Waals surface area (Å²) in [5, 5.41) is 14.5. The van der Waals surface area contributed by atoms with Crippen LogP contribution < -0.4 is 16.4 Å². The maximum Gasteiger partial charge on any atom is 0.273 e. The SMILES string of the molecule is NC(=O)c1nnc(Nc2ccc(C3CCN(C4CCCC4)CC3)cc2)nc1NC1CCC1. The zero-order chi connectivity index (χ0) is 21.9. The maximum absolute atomic E-state index is 11.7. The molecule has 0 unspecified atom stereocenters. The van der Waals surface area contributed by atoms with Crippen LogP contribution in [0.2, 0.25) is 0 Å². The Bertz CT molecular complexity index is 930. The minimum atomic E-state index is -0.623. The van der Waals surface area contributed by atoms with Crippen molar-refractivity contribution < 1.29 is 4.79 Å². The average molecular weight is 436 g/mol. The monoisotopic (exact) mass is 435 g/mol. The average Bonchev–Trinajstić information content (AvgIpc) is 3.32. The predicted octanol–water partition coefficient (Wildman–Crippen LogP) is 3.80. The highest BCUT2D eigenvalue weighted by Gasteiger charge is 2.27. The Labute approximate surface area is 189 Å². The third-order valence-corrected chi connectivity index (χ3v) is 7.38. The number of amides is 1. The number of likely N-dealkylation sites (tertiary alicyclic amines) is 1. The first-order chi connectivity index (χ1) is 15.7. The molecule has 0 bridgehead atoms. The molecule has 3 fully saturated rings. The predicted molar refractivity (Wildman–Crippen MR) is 125 cm³/mol. The molecule has 0 radical (unpaired) electrons. The molecule has 1 aromatic heterocycles. The van der Waals surface area contributed by atoms with Crippen molar-refractivity contribution in [3.63, 3.8) is 0 Å². The zero-order valence-electron chi connectivity index (χ0n) is 18.6. The van der Waals surface area contributed by atoms with Gasteiger partial charge in [-0.2, -0.15) is 4.98 Å². The van der Waals surface area contributed by atoms with E-state index in [0.717, 1.165) is 24.6 Å². The third kappa shape index (κ3) is 4.70. The highest BCUT2D eigenvalue weighted by molar-refractivity contribution is 5.95. The van der Waals surface area contributed by atoms with Crippen molar-refractivity contribution in [1.29, 1.82) is 0 Å². The number of nitrogens with two attached hydrogens (primary N) is 1. The number of nitrogens with zero attached hydrogens (tertiary/aromatic N) is 4. The maximum atomic E-state index is 11.7. The summed E-state index contributed by atoms with van der Waals surface area (Å²) in [4.78, 5) is 18.9.